The third kappa shape index (κ3) is 3.59. The summed E-state index contributed by atoms with van der Waals surface area (Å²) in [6.45, 7) is 3.70. The van der Waals surface area contributed by atoms with E-state index in [0.29, 0.717) is 5.02 Å². The highest BCUT2D eigenvalue weighted by Gasteiger charge is 2.20. The maximum absolute atomic E-state index is 12.2. The van der Waals surface area contributed by atoms with Crippen molar-refractivity contribution in [3.8, 4) is 0 Å². The molecule has 1 heterocycles. The van der Waals surface area contributed by atoms with Crippen molar-refractivity contribution in [2.45, 2.75) is 19.9 Å². The molecule has 0 fully saturated rings. The molecule has 7 heteroatoms. The molecular weight excluding hydrogens is 256 g/mol. The third-order valence-corrected chi connectivity index (χ3v) is 2.52. The number of carbonyl (C=O) groups is 1. The Morgan fingerprint density at radius 1 is 1.61 bits per heavy atom. The van der Waals surface area contributed by atoms with Crippen LogP contribution >= 0.6 is 11.6 Å². The number of hydrogen-bond acceptors (Lipinski definition) is 4. The average molecular weight is 271 g/mol. The van der Waals surface area contributed by atoms with Crippen molar-refractivity contribution in [1.82, 2.24) is 9.88 Å². The predicted octanol–water partition coefficient (Wildman–Crippen LogP) is 1.33. The van der Waals surface area contributed by atoms with E-state index in [1.165, 1.54) is 17.2 Å². The van der Waals surface area contributed by atoms with Crippen LogP contribution in [0.2, 0.25) is 5.02 Å². The number of rotatable bonds is 4. The molecule has 0 spiro atoms. The van der Waals surface area contributed by atoms with Crippen LogP contribution in [-0.2, 0) is 0 Å². The Kier molecular flexibility index (Phi) is 4.91. The van der Waals surface area contributed by atoms with Crippen LogP contribution in [0.25, 0.3) is 0 Å². The average Bonchev–Trinajstić information content (AvgIpc) is 2.35. The Bertz CT molecular complexity index is 445. The maximum atomic E-state index is 12.2. The fourth-order valence-corrected chi connectivity index (χ4v) is 1.46. The Balaban J connectivity index is 2.92. The van der Waals surface area contributed by atoms with E-state index >= 15 is 0 Å². The minimum absolute atomic E-state index is 0.0361. The smallest absolute Gasteiger partial charge is 0.273 e. The number of halogens is 1. The number of carbonyl (C=O) groups excluding carboxylic acids is 1. The molecule has 0 aliphatic carbocycles. The Morgan fingerprint density at radius 3 is 2.72 bits per heavy atom. The van der Waals surface area contributed by atoms with Gasteiger partial charge in [-0.05, 0) is 26.0 Å². The highest BCUT2D eigenvalue weighted by Crippen LogP contribution is 2.10. The van der Waals surface area contributed by atoms with Crippen molar-refractivity contribution in [1.29, 1.82) is 0 Å². The Morgan fingerprint density at radius 2 is 2.28 bits per heavy atom. The quantitative estimate of drug-likeness (QED) is 0.374. The number of nitrogens with zero attached hydrogens (tertiary/aromatic N) is 3. The number of oxime groups is 1. The Labute approximate surface area is 110 Å². The van der Waals surface area contributed by atoms with Gasteiger partial charge in [-0.3, -0.25) is 4.79 Å². The molecule has 0 unspecified atom stereocenters. The minimum Gasteiger partial charge on any atom is -0.409 e. The summed E-state index contributed by atoms with van der Waals surface area (Å²) in [6.07, 6.45) is 1.40. The first-order valence-corrected chi connectivity index (χ1v) is 5.72. The first-order valence-electron chi connectivity index (χ1n) is 5.34. The molecule has 3 N–H and O–H groups in total. The molecule has 0 radical (unpaired) electrons. The number of aromatic nitrogens is 1. The zero-order valence-electron chi connectivity index (χ0n) is 10.2. The summed E-state index contributed by atoms with van der Waals surface area (Å²) < 4.78 is 0. The van der Waals surface area contributed by atoms with Gasteiger partial charge in [0.05, 0.1) is 11.6 Å². The highest BCUT2D eigenvalue weighted by atomic mass is 35.5. The van der Waals surface area contributed by atoms with Gasteiger partial charge in [0, 0.05) is 12.2 Å². The van der Waals surface area contributed by atoms with Crippen LogP contribution in [0.4, 0.5) is 0 Å². The van der Waals surface area contributed by atoms with Crippen LogP contribution < -0.4 is 5.73 Å². The van der Waals surface area contributed by atoms with Crippen LogP contribution in [0.1, 0.15) is 24.3 Å². The summed E-state index contributed by atoms with van der Waals surface area (Å²) in [5, 5.41) is 11.9. The van der Waals surface area contributed by atoms with E-state index in [4.69, 9.17) is 22.5 Å². The van der Waals surface area contributed by atoms with E-state index in [1.54, 1.807) is 6.07 Å². The molecule has 1 aromatic rings. The summed E-state index contributed by atoms with van der Waals surface area (Å²) in [7, 11) is 0. The van der Waals surface area contributed by atoms with Crippen LogP contribution in [0.5, 0.6) is 0 Å². The van der Waals surface area contributed by atoms with Gasteiger partial charge >= 0.3 is 0 Å². The summed E-state index contributed by atoms with van der Waals surface area (Å²) in [4.78, 5) is 17.6. The molecule has 98 valence electrons. The molecular formula is C11H15ClN4O2. The monoisotopic (exact) mass is 270 g/mol. The largest absolute Gasteiger partial charge is 0.409 e. The zero-order valence-corrected chi connectivity index (χ0v) is 10.9. The van der Waals surface area contributed by atoms with Gasteiger partial charge in [0.2, 0.25) is 0 Å². The predicted molar refractivity (Wildman–Crippen MR) is 68.8 cm³/mol. The second-order valence-electron chi connectivity index (χ2n) is 3.98. The SMILES string of the molecule is CC(C)N(CC(N)=NO)C(=O)c1ccc(Cl)cn1. The number of amides is 1. The fraction of sp³-hybridized carbons (Fsp3) is 0.364. The van der Waals surface area contributed by atoms with Crippen molar-refractivity contribution in [3.05, 3.63) is 29.0 Å². The van der Waals surface area contributed by atoms with Crippen LogP contribution in [-0.4, -0.2) is 39.4 Å². The minimum atomic E-state index is -0.298. The molecule has 0 atom stereocenters. The lowest BCUT2D eigenvalue weighted by Crippen LogP contribution is -2.43. The molecule has 0 aliphatic heterocycles. The van der Waals surface area contributed by atoms with Crippen molar-refractivity contribution < 1.29 is 10.0 Å². The van der Waals surface area contributed by atoms with Gasteiger partial charge in [0.25, 0.3) is 5.91 Å². The lowest BCUT2D eigenvalue weighted by molar-refractivity contribution is 0.0728. The zero-order chi connectivity index (χ0) is 13.7. The van der Waals surface area contributed by atoms with Crippen molar-refractivity contribution in [2.75, 3.05) is 6.54 Å². The molecule has 6 nitrogen and oxygen atoms in total. The molecule has 0 aliphatic rings. The lowest BCUT2D eigenvalue weighted by Gasteiger charge is -2.25. The normalized spacial score (nSPS) is 11.7. The van der Waals surface area contributed by atoms with Crippen molar-refractivity contribution >= 4 is 23.3 Å². The Hall–Kier alpha value is -1.82. The third-order valence-electron chi connectivity index (χ3n) is 2.29. The summed E-state index contributed by atoms with van der Waals surface area (Å²) in [5.41, 5.74) is 5.68. The summed E-state index contributed by atoms with van der Waals surface area (Å²) in [6, 6.07) is 3.02. The van der Waals surface area contributed by atoms with E-state index < -0.39 is 0 Å². The van der Waals surface area contributed by atoms with Gasteiger partial charge in [-0.25, -0.2) is 4.98 Å². The molecule has 18 heavy (non-hydrogen) atoms. The van der Waals surface area contributed by atoms with Gasteiger partial charge in [0.1, 0.15) is 5.69 Å². The molecule has 1 amide bonds. The van der Waals surface area contributed by atoms with E-state index in [2.05, 4.69) is 10.1 Å². The van der Waals surface area contributed by atoms with Gasteiger partial charge in [-0.2, -0.15) is 0 Å². The first kappa shape index (κ1) is 14.2. The van der Waals surface area contributed by atoms with E-state index in [1.807, 2.05) is 13.8 Å². The lowest BCUT2D eigenvalue weighted by atomic mass is 10.2. The second-order valence-corrected chi connectivity index (χ2v) is 4.42. The summed E-state index contributed by atoms with van der Waals surface area (Å²) in [5.74, 6) is -0.334. The number of pyridine rings is 1. The van der Waals surface area contributed by atoms with E-state index in [-0.39, 0.29) is 30.0 Å². The molecule has 0 aromatic carbocycles. The first-order chi connectivity index (χ1) is 8.45. The molecule has 1 rings (SSSR count). The van der Waals surface area contributed by atoms with Crippen molar-refractivity contribution in [2.24, 2.45) is 10.9 Å². The van der Waals surface area contributed by atoms with Crippen molar-refractivity contribution in [3.63, 3.8) is 0 Å². The standard InChI is InChI=1S/C11H15ClN4O2/c1-7(2)16(6-10(13)15-18)11(17)9-4-3-8(12)5-14-9/h3-5,7,18H,6H2,1-2H3,(H2,13,15). The molecule has 0 saturated heterocycles. The van der Waals surface area contributed by atoms with Gasteiger partial charge in [-0.15, -0.1) is 0 Å². The molecule has 1 aromatic heterocycles. The second kappa shape index (κ2) is 6.20. The van der Waals surface area contributed by atoms with E-state index in [9.17, 15) is 4.79 Å². The van der Waals surface area contributed by atoms with Crippen LogP contribution in [0.3, 0.4) is 0 Å². The summed E-state index contributed by atoms with van der Waals surface area (Å²) >= 11 is 5.71. The number of hydrogen-bond donors (Lipinski definition) is 2. The highest BCUT2D eigenvalue weighted by molar-refractivity contribution is 6.30. The number of amidine groups is 1. The van der Waals surface area contributed by atoms with Gasteiger partial charge < -0.3 is 15.8 Å². The molecule has 0 bridgehead atoms. The number of nitrogens with two attached hydrogens (primary N) is 1. The van der Waals surface area contributed by atoms with Crippen LogP contribution in [0.15, 0.2) is 23.5 Å². The fourth-order valence-electron chi connectivity index (χ4n) is 1.34. The van der Waals surface area contributed by atoms with Gasteiger partial charge in [0.15, 0.2) is 5.84 Å². The topological polar surface area (TPSA) is 91.8 Å². The van der Waals surface area contributed by atoms with Gasteiger partial charge in [-0.1, -0.05) is 16.8 Å². The van der Waals surface area contributed by atoms with E-state index in [0.717, 1.165) is 0 Å². The molecule has 0 saturated carbocycles. The van der Waals surface area contributed by atoms with Crippen LogP contribution in [0, 0.1) is 0 Å². The maximum Gasteiger partial charge on any atom is 0.273 e.